The zero-order chi connectivity index (χ0) is 16.7. The highest BCUT2D eigenvalue weighted by Crippen LogP contribution is 2.23. The maximum atomic E-state index is 14.0. The molecule has 23 heavy (non-hydrogen) atoms. The van der Waals surface area contributed by atoms with E-state index in [1.54, 1.807) is 11.5 Å². The summed E-state index contributed by atoms with van der Waals surface area (Å²) in [6.45, 7) is 1.70. The molecule has 9 heteroatoms. The van der Waals surface area contributed by atoms with Crippen LogP contribution in [0.1, 0.15) is 22.0 Å². The van der Waals surface area contributed by atoms with Crippen LogP contribution in [0, 0.1) is 12.7 Å². The van der Waals surface area contributed by atoms with Crippen molar-refractivity contribution in [3.8, 4) is 0 Å². The maximum Gasteiger partial charge on any atom is 0.328 e. The number of nitrogens with zero attached hydrogens (tertiary/aromatic N) is 4. The Kier molecular flexibility index (Phi) is 3.88. The normalized spacial score (nSPS) is 17.0. The third kappa shape index (κ3) is 2.72. The number of aliphatic carboxylic acids is 1. The van der Waals surface area contributed by atoms with Crippen LogP contribution in [-0.4, -0.2) is 42.7 Å². The zero-order valence-electron chi connectivity index (χ0n) is 12.0. The van der Waals surface area contributed by atoms with E-state index in [1.165, 1.54) is 12.1 Å². The van der Waals surface area contributed by atoms with Gasteiger partial charge in [-0.1, -0.05) is 15.9 Å². The van der Waals surface area contributed by atoms with Gasteiger partial charge in [-0.15, -0.1) is 10.2 Å². The maximum absolute atomic E-state index is 14.0. The van der Waals surface area contributed by atoms with Gasteiger partial charge in [0.25, 0.3) is 5.91 Å². The van der Waals surface area contributed by atoms with Crippen LogP contribution in [0.5, 0.6) is 0 Å². The molecule has 2 aromatic rings. The summed E-state index contributed by atoms with van der Waals surface area (Å²) in [5.74, 6) is -1.50. The average Bonchev–Trinajstić information content (AvgIpc) is 2.88. The molecule has 3 rings (SSSR count). The lowest BCUT2D eigenvalue weighted by Gasteiger charge is -2.33. The minimum Gasteiger partial charge on any atom is -0.480 e. The number of aryl methyl sites for hydroxylation is 1. The van der Waals surface area contributed by atoms with Crippen LogP contribution in [0.3, 0.4) is 0 Å². The van der Waals surface area contributed by atoms with Crippen LogP contribution >= 0.6 is 15.9 Å². The van der Waals surface area contributed by atoms with E-state index in [9.17, 15) is 19.1 Å². The fourth-order valence-corrected chi connectivity index (χ4v) is 2.92. The van der Waals surface area contributed by atoms with Crippen molar-refractivity contribution in [1.29, 1.82) is 0 Å². The molecule has 120 valence electrons. The highest BCUT2D eigenvalue weighted by Gasteiger charge is 2.37. The first-order valence-corrected chi connectivity index (χ1v) is 7.55. The summed E-state index contributed by atoms with van der Waals surface area (Å²) < 4.78 is 16.1. The molecule has 0 spiro atoms. The van der Waals surface area contributed by atoms with Crippen LogP contribution in [0.4, 0.5) is 4.39 Å². The topological polar surface area (TPSA) is 88.3 Å². The number of hydrogen-bond acceptors (Lipinski definition) is 4. The van der Waals surface area contributed by atoms with Crippen molar-refractivity contribution < 1.29 is 19.1 Å². The first kappa shape index (κ1) is 15.6. The van der Waals surface area contributed by atoms with Crippen LogP contribution < -0.4 is 0 Å². The van der Waals surface area contributed by atoms with Gasteiger partial charge in [-0.2, -0.15) is 0 Å². The molecule has 1 aliphatic heterocycles. The second kappa shape index (κ2) is 5.73. The van der Waals surface area contributed by atoms with Gasteiger partial charge in [-0.25, -0.2) is 9.18 Å². The van der Waals surface area contributed by atoms with Crippen molar-refractivity contribution in [2.45, 2.75) is 26.1 Å². The van der Waals surface area contributed by atoms with E-state index in [0.29, 0.717) is 16.1 Å². The highest BCUT2D eigenvalue weighted by atomic mass is 79.9. The molecule has 1 unspecified atom stereocenters. The van der Waals surface area contributed by atoms with Gasteiger partial charge in [0.15, 0.2) is 5.82 Å². The Hall–Kier alpha value is -2.29. The first-order chi connectivity index (χ1) is 10.9. The Bertz CT molecular complexity index is 807. The van der Waals surface area contributed by atoms with E-state index in [-0.39, 0.29) is 18.7 Å². The molecule has 1 aliphatic rings. The molecular weight excluding hydrogens is 371 g/mol. The van der Waals surface area contributed by atoms with Gasteiger partial charge in [-0.05, 0) is 25.1 Å². The molecular formula is C14H12BrFN4O3. The monoisotopic (exact) mass is 382 g/mol. The van der Waals surface area contributed by atoms with E-state index < -0.39 is 23.7 Å². The Balaban J connectivity index is 2.01. The number of rotatable bonds is 2. The van der Waals surface area contributed by atoms with E-state index in [0.717, 1.165) is 11.0 Å². The molecule has 0 fully saturated rings. The lowest BCUT2D eigenvalue weighted by atomic mass is 10.1. The number of benzene rings is 1. The van der Waals surface area contributed by atoms with Crippen molar-refractivity contribution in [2.75, 3.05) is 0 Å². The average molecular weight is 383 g/mol. The third-order valence-corrected chi connectivity index (χ3v) is 4.25. The van der Waals surface area contributed by atoms with E-state index in [1.807, 2.05) is 0 Å². The smallest absolute Gasteiger partial charge is 0.328 e. The molecule has 1 N–H and O–H groups in total. The number of carboxylic acids is 1. The third-order valence-electron chi connectivity index (χ3n) is 3.76. The van der Waals surface area contributed by atoms with Crippen molar-refractivity contribution in [1.82, 2.24) is 19.7 Å². The summed E-state index contributed by atoms with van der Waals surface area (Å²) in [6, 6.07) is 2.85. The van der Waals surface area contributed by atoms with E-state index >= 15 is 0 Å². The SMILES string of the molecule is Cc1nnc2n1CC(C(=O)O)N(C(=O)c1cc(Br)ccc1F)C2. The highest BCUT2D eigenvalue weighted by molar-refractivity contribution is 9.10. The summed E-state index contributed by atoms with van der Waals surface area (Å²) in [6.07, 6.45) is 0. The molecule has 1 atom stereocenters. The minimum absolute atomic E-state index is 0.0326. The number of carbonyl (C=O) groups is 2. The van der Waals surface area contributed by atoms with E-state index in [4.69, 9.17) is 0 Å². The Morgan fingerprint density at radius 3 is 2.83 bits per heavy atom. The summed E-state index contributed by atoms with van der Waals surface area (Å²) >= 11 is 3.18. The van der Waals surface area contributed by atoms with Crippen molar-refractivity contribution in [2.24, 2.45) is 0 Å². The number of fused-ring (bicyclic) bond motifs is 1. The first-order valence-electron chi connectivity index (χ1n) is 6.76. The van der Waals surface area contributed by atoms with Gasteiger partial charge < -0.3 is 14.6 Å². The molecule has 0 bridgehead atoms. The Labute approximate surface area is 138 Å². The summed E-state index contributed by atoms with van der Waals surface area (Å²) in [5, 5.41) is 17.3. The quantitative estimate of drug-likeness (QED) is 0.851. The van der Waals surface area contributed by atoms with Crippen LogP contribution in [0.15, 0.2) is 22.7 Å². The summed E-state index contributed by atoms with van der Waals surface area (Å²) in [7, 11) is 0. The lowest BCUT2D eigenvalue weighted by molar-refractivity contribution is -0.143. The molecule has 0 radical (unpaired) electrons. The van der Waals surface area contributed by atoms with Gasteiger partial charge in [0, 0.05) is 4.47 Å². The second-order valence-corrected chi connectivity index (χ2v) is 6.10. The minimum atomic E-state index is -1.16. The fraction of sp³-hybridized carbons (Fsp3) is 0.286. The molecule has 0 saturated heterocycles. The number of hydrogen-bond donors (Lipinski definition) is 1. The summed E-state index contributed by atoms with van der Waals surface area (Å²) in [5.41, 5.74) is -0.185. The van der Waals surface area contributed by atoms with Gasteiger partial charge in [-0.3, -0.25) is 4.79 Å². The molecule has 2 heterocycles. The van der Waals surface area contributed by atoms with E-state index in [2.05, 4.69) is 26.1 Å². The predicted octanol–water partition coefficient (Wildman–Crippen LogP) is 1.60. The van der Waals surface area contributed by atoms with Crippen LogP contribution in [0.2, 0.25) is 0 Å². The number of halogens is 2. The standard InChI is InChI=1S/C14H12BrFN4O3/c1-7-17-18-12-6-20(11(14(22)23)5-19(7)12)13(21)9-4-8(15)2-3-10(9)16/h2-4,11H,5-6H2,1H3,(H,22,23). The molecule has 7 nitrogen and oxygen atoms in total. The molecule has 0 aliphatic carbocycles. The van der Waals surface area contributed by atoms with Gasteiger partial charge >= 0.3 is 5.97 Å². The van der Waals surface area contributed by atoms with Crippen LogP contribution in [0.25, 0.3) is 0 Å². The predicted molar refractivity (Wildman–Crippen MR) is 80.2 cm³/mol. The molecule has 0 saturated carbocycles. The molecule has 1 aromatic carbocycles. The fourth-order valence-electron chi connectivity index (χ4n) is 2.55. The zero-order valence-corrected chi connectivity index (χ0v) is 13.6. The van der Waals surface area contributed by atoms with Crippen LogP contribution in [-0.2, 0) is 17.9 Å². The van der Waals surface area contributed by atoms with Crippen molar-refractivity contribution in [3.05, 3.63) is 45.7 Å². The van der Waals surface area contributed by atoms with Crippen molar-refractivity contribution >= 4 is 27.8 Å². The molecule has 1 amide bonds. The number of carbonyl (C=O) groups excluding carboxylic acids is 1. The number of carboxylic acid groups (broad SMARTS) is 1. The second-order valence-electron chi connectivity index (χ2n) is 5.19. The van der Waals surface area contributed by atoms with Gasteiger partial charge in [0.2, 0.25) is 0 Å². The van der Waals surface area contributed by atoms with Crippen molar-refractivity contribution in [3.63, 3.8) is 0 Å². The number of amides is 1. The molecule has 1 aromatic heterocycles. The Morgan fingerprint density at radius 2 is 2.13 bits per heavy atom. The lowest BCUT2D eigenvalue weighted by Crippen LogP contribution is -2.51. The summed E-state index contributed by atoms with van der Waals surface area (Å²) in [4.78, 5) is 25.3. The Morgan fingerprint density at radius 1 is 1.39 bits per heavy atom. The van der Waals surface area contributed by atoms with Gasteiger partial charge in [0.1, 0.15) is 17.7 Å². The van der Waals surface area contributed by atoms with Gasteiger partial charge in [0.05, 0.1) is 18.7 Å². The largest absolute Gasteiger partial charge is 0.480 e. The number of aromatic nitrogens is 3.